The molecule has 3 nitrogen and oxygen atoms in total. The highest BCUT2D eigenvalue weighted by molar-refractivity contribution is 5.54. The molecule has 1 aromatic carbocycles. The van der Waals surface area contributed by atoms with Gasteiger partial charge in [-0.25, -0.2) is 4.39 Å². The molecule has 1 unspecified atom stereocenters. The molecule has 0 fully saturated rings. The highest BCUT2D eigenvalue weighted by Crippen LogP contribution is 2.24. The highest BCUT2D eigenvalue weighted by Gasteiger charge is 2.14. The van der Waals surface area contributed by atoms with Crippen LogP contribution >= 0.6 is 0 Å². The van der Waals surface area contributed by atoms with Crippen LogP contribution in [0, 0.1) is 5.82 Å². The summed E-state index contributed by atoms with van der Waals surface area (Å²) in [5.41, 5.74) is 7.56. The lowest BCUT2D eigenvalue weighted by atomic mass is 10.0. The van der Waals surface area contributed by atoms with Gasteiger partial charge in [0.2, 0.25) is 0 Å². The number of para-hydroxylation sites is 1. The van der Waals surface area contributed by atoms with Crippen molar-refractivity contribution in [1.82, 2.24) is 0 Å². The number of ether oxygens (including phenoxy) is 1. The minimum Gasteiger partial charge on any atom is -0.383 e. The van der Waals surface area contributed by atoms with Crippen LogP contribution in [0.2, 0.25) is 0 Å². The summed E-state index contributed by atoms with van der Waals surface area (Å²) < 4.78 is 19.0. The molecule has 0 spiro atoms. The summed E-state index contributed by atoms with van der Waals surface area (Å²) in [4.78, 5) is 1.89. The summed E-state index contributed by atoms with van der Waals surface area (Å²) in [6.07, 6.45) is 1.58. The predicted octanol–water partition coefficient (Wildman–Crippen LogP) is 2.19. The largest absolute Gasteiger partial charge is 0.383 e. The van der Waals surface area contributed by atoms with Crippen molar-refractivity contribution >= 4 is 5.69 Å². The molecular formula is C14H23FN2O. The van der Waals surface area contributed by atoms with Crippen LogP contribution in [0.25, 0.3) is 0 Å². The summed E-state index contributed by atoms with van der Waals surface area (Å²) in [7, 11) is 3.52. The molecule has 1 rings (SSSR count). The Hall–Kier alpha value is -1.13. The van der Waals surface area contributed by atoms with E-state index in [4.69, 9.17) is 10.5 Å². The molecule has 0 amide bonds. The van der Waals surface area contributed by atoms with Gasteiger partial charge in [-0.15, -0.1) is 0 Å². The number of hydrogen-bond acceptors (Lipinski definition) is 3. The number of anilines is 1. The lowest BCUT2D eigenvalue weighted by Gasteiger charge is -2.23. The van der Waals surface area contributed by atoms with Crippen molar-refractivity contribution in [3.05, 3.63) is 29.6 Å². The second kappa shape index (κ2) is 7.34. The average molecular weight is 254 g/mol. The number of likely N-dealkylation sites (N-methyl/N-ethyl adjacent to an activating group) is 1. The molecule has 102 valence electrons. The van der Waals surface area contributed by atoms with E-state index in [-0.39, 0.29) is 11.9 Å². The average Bonchev–Trinajstić information content (AvgIpc) is 2.36. The maximum absolute atomic E-state index is 14.0. The Balaban J connectivity index is 2.92. The summed E-state index contributed by atoms with van der Waals surface area (Å²) in [6, 6.07) is 5.23. The fourth-order valence-electron chi connectivity index (χ4n) is 1.92. The number of benzene rings is 1. The quantitative estimate of drug-likeness (QED) is 0.810. The van der Waals surface area contributed by atoms with Gasteiger partial charge in [0.1, 0.15) is 5.82 Å². The molecule has 1 atom stereocenters. The van der Waals surface area contributed by atoms with Gasteiger partial charge in [0.15, 0.2) is 0 Å². The van der Waals surface area contributed by atoms with Crippen LogP contribution in [-0.4, -0.2) is 33.4 Å². The molecule has 0 aliphatic rings. The summed E-state index contributed by atoms with van der Waals surface area (Å²) in [6.45, 7) is 3.27. The number of nitrogens with two attached hydrogens (primary N) is 1. The van der Waals surface area contributed by atoms with Crippen molar-refractivity contribution in [3.8, 4) is 0 Å². The Morgan fingerprint density at radius 3 is 2.78 bits per heavy atom. The van der Waals surface area contributed by atoms with Crippen molar-refractivity contribution in [2.45, 2.75) is 25.8 Å². The van der Waals surface area contributed by atoms with Crippen LogP contribution in [0.5, 0.6) is 0 Å². The first-order chi connectivity index (χ1) is 8.60. The first kappa shape index (κ1) is 14.9. The van der Waals surface area contributed by atoms with E-state index in [2.05, 4.69) is 0 Å². The second-order valence-electron chi connectivity index (χ2n) is 4.53. The number of rotatable bonds is 7. The molecule has 0 aromatic heterocycles. The minimum absolute atomic E-state index is 0.0707. The summed E-state index contributed by atoms with van der Waals surface area (Å²) in [5.74, 6) is -0.200. The monoisotopic (exact) mass is 254 g/mol. The van der Waals surface area contributed by atoms with Gasteiger partial charge in [-0.3, -0.25) is 0 Å². The fraction of sp³-hybridized carbons (Fsp3) is 0.571. The van der Waals surface area contributed by atoms with E-state index in [1.807, 2.05) is 24.9 Å². The zero-order valence-electron chi connectivity index (χ0n) is 11.4. The van der Waals surface area contributed by atoms with Gasteiger partial charge in [0, 0.05) is 26.7 Å². The first-order valence-corrected chi connectivity index (χ1v) is 6.33. The Kier molecular flexibility index (Phi) is 6.09. The smallest absolute Gasteiger partial charge is 0.146 e. The summed E-state index contributed by atoms with van der Waals surface area (Å²) >= 11 is 0. The number of methoxy groups -OCH3 is 1. The van der Waals surface area contributed by atoms with Gasteiger partial charge in [0.25, 0.3) is 0 Å². The van der Waals surface area contributed by atoms with Crippen molar-refractivity contribution in [2.24, 2.45) is 5.73 Å². The van der Waals surface area contributed by atoms with Crippen LogP contribution < -0.4 is 10.6 Å². The van der Waals surface area contributed by atoms with Gasteiger partial charge in [-0.2, -0.15) is 0 Å². The van der Waals surface area contributed by atoms with Crippen LogP contribution in [0.4, 0.5) is 10.1 Å². The number of hydrogen-bond donors (Lipinski definition) is 1. The molecule has 4 heteroatoms. The minimum atomic E-state index is -0.200. The van der Waals surface area contributed by atoms with Crippen molar-refractivity contribution in [3.63, 3.8) is 0 Å². The molecule has 0 bridgehead atoms. The van der Waals surface area contributed by atoms with Crippen LogP contribution in [0.3, 0.4) is 0 Å². The van der Waals surface area contributed by atoms with Gasteiger partial charge < -0.3 is 15.4 Å². The SMILES string of the molecule is CCC(N)Cc1cccc(F)c1N(C)CCOC. The van der Waals surface area contributed by atoms with E-state index >= 15 is 0 Å². The maximum Gasteiger partial charge on any atom is 0.146 e. The lowest BCUT2D eigenvalue weighted by Crippen LogP contribution is -2.27. The van der Waals surface area contributed by atoms with E-state index in [0.29, 0.717) is 25.3 Å². The second-order valence-corrected chi connectivity index (χ2v) is 4.53. The number of nitrogens with zero attached hydrogens (tertiary/aromatic N) is 1. The zero-order valence-corrected chi connectivity index (χ0v) is 11.4. The van der Waals surface area contributed by atoms with Gasteiger partial charge in [0.05, 0.1) is 12.3 Å². The van der Waals surface area contributed by atoms with Gasteiger partial charge in [-0.05, 0) is 24.5 Å². The molecule has 0 aliphatic heterocycles. The Morgan fingerprint density at radius 1 is 1.44 bits per heavy atom. The topological polar surface area (TPSA) is 38.5 Å². The zero-order chi connectivity index (χ0) is 13.5. The van der Waals surface area contributed by atoms with Crippen LogP contribution in [-0.2, 0) is 11.2 Å². The highest BCUT2D eigenvalue weighted by atomic mass is 19.1. The standard InChI is InChI=1S/C14H23FN2O/c1-4-12(16)10-11-6-5-7-13(15)14(11)17(2)8-9-18-3/h5-7,12H,4,8-10,16H2,1-3H3. The van der Waals surface area contributed by atoms with Gasteiger partial charge in [-0.1, -0.05) is 19.1 Å². The first-order valence-electron chi connectivity index (χ1n) is 6.33. The van der Waals surface area contributed by atoms with Gasteiger partial charge >= 0.3 is 0 Å². The fourth-order valence-corrected chi connectivity index (χ4v) is 1.92. The van der Waals surface area contributed by atoms with Crippen molar-refractivity contribution in [1.29, 1.82) is 0 Å². The van der Waals surface area contributed by atoms with Crippen molar-refractivity contribution < 1.29 is 9.13 Å². The number of halogens is 1. The normalized spacial score (nSPS) is 12.5. The van der Waals surface area contributed by atoms with E-state index in [1.54, 1.807) is 13.2 Å². The molecule has 0 aliphatic carbocycles. The lowest BCUT2D eigenvalue weighted by molar-refractivity contribution is 0.206. The predicted molar refractivity (Wildman–Crippen MR) is 73.5 cm³/mol. The molecule has 0 radical (unpaired) electrons. The molecule has 18 heavy (non-hydrogen) atoms. The van der Waals surface area contributed by atoms with E-state index in [1.165, 1.54) is 6.07 Å². The maximum atomic E-state index is 14.0. The molecule has 0 heterocycles. The van der Waals surface area contributed by atoms with Crippen LogP contribution in [0.1, 0.15) is 18.9 Å². The molecule has 1 aromatic rings. The molecular weight excluding hydrogens is 231 g/mol. The van der Waals surface area contributed by atoms with E-state index in [0.717, 1.165) is 12.0 Å². The third-order valence-corrected chi connectivity index (χ3v) is 3.09. The van der Waals surface area contributed by atoms with Crippen molar-refractivity contribution in [2.75, 3.05) is 32.2 Å². The van der Waals surface area contributed by atoms with E-state index < -0.39 is 0 Å². The van der Waals surface area contributed by atoms with E-state index in [9.17, 15) is 4.39 Å². The third kappa shape index (κ3) is 3.96. The molecule has 0 saturated carbocycles. The third-order valence-electron chi connectivity index (χ3n) is 3.09. The summed E-state index contributed by atoms with van der Waals surface area (Å²) in [5, 5.41) is 0. The Bertz CT molecular complexity index is 371. The Morgan fingerprint density at radius 2 is 2.17 bits per heavy atom. The van der Waals surface area contributed by atoms with Crippen LogP contribution in [0.15, 0.2) is 18.2 Å². The Labute approximate surface area is 109 Å². The molecule has 0 saturated heterocycles. The molecule has 2 N–H and O–H groups in total.